The van der Waals surface area contributed by atoms with E-state index in [1.54, 1.807) is 13.2 Å². The number of benzene rings is 3. The molecule has 30 heavy (non-hydrogen) atoms. The second-order valence-electron chi connectivity index (χ2n) is 6.69. The summed E-state index contributed by atoms with van der Waals surface area (Å²) in [6.45, 7) is 1.14. The Kier molecular flexibility index (Phi) is 8.10. The first-order valence-electron chi connectivity index (χ1n) is 9.34. The highest BCUT2D eigenvalue weighted by molar-refractivity contribution is 9.10. The van der Waals surface area contributed by atoms with Gasteiger partial charge in [-0.05, 0) is 51.3 Å². The van der Waals surface area contributed by atoms with Crippen LogP contribution >= 0.6 is 27.5 Å². The summed E-state index contributed by atoms with van der Waals surface area (Å²) >= 11 is 9.59. The minimum absolute atomic E-state index is 0.176. The zero-order chi connectivity index (χ0) is 21.5. The van der Waals surface area contributed by atoms with Crippen LogP contribution in [0.4, 0.5) is 4.39 Å². The smallest absolute Gasteiger partial charge is 0.175 e. The summed E-state index contributed by atoms with van der Waals surface area (Å²) in [4.78, 5) is 0. The molecule has 0 saturated heterocycles. The first kappa shape index (κ1) is 22.6. The Morgan fingerprint density at radius 1 is 1.13 bits per heavy atom. The molecular weight excluding hydrogens is 473 g/mol. The van der Waals surface area contributed by atoms with Crippen molar-refractivity contribution in [3.63, 3.8) is 0 Å². The zero-order valence-electron chi connectivity index (χ0n) is 16.4. The van der Waals surface area contributed by atoms with Crippen molar-refractivity contribution in [1.82, 2.24) is 5.32 Å². The lowest BCUT2D eigenvalue weighted by Crippen LogP contribution is -2.21. The molecule has 1 atom stereocenters. The molecule has 3 rings (SSSR count). The van der Waals surface area contributed by atoms with Crippen molar-refractivity contribution in [1.29, 1.82) is 0 Å². The summed E-state index contributed by atoms with van der Waals surface area (Å²) in [6.07, 6.45) is -0.584. The van der Waals surface area contributed by atoms with Crippen LogP contribution in [0.2, 0.25) is 5.02 Å². The van der Waals surface area contributed by atoms with Gasteiger partial charge in [0.05, 0.1) is 22.7 Å². The zero-order valence-corrected chi connectivity index (χ0v) is 18.7. The average Bonchev–Trinajstić information content (AvgIpc) is 2.74. The van der Waals surface area contributed by atoms with Crippen molar-refractivity contribution in [2.75, 3.05) is 13.7 Å². The summed E-state index contributed by atoms with van der Waals surface area (Å²) < 4.78 is 25.3. The van der Waals surface area contributed by atoms with Gasteiger partial charge >= 0.3 is 0 Å². The first-order chi connectivity index (χ1) is 14.5. The van der Waals surface area contributed by atoms with E-state index in [4.69, 9.17) is 21.1 Å². The number of hydrogen-bond acceptors (Lipinski definition) is 4. The molecule has 0 spiro atoms. The van der Waals surface area contributed by atoms with Crippen LogP contribution in [0.25, 0.3) is 0 Å². The average molecular weight is 495 g/mol. The van der Waals surface area contributed by atoms with Crippen LogP contribution in [0.15, 0.2) is 65.1 Å². The summed E-state index contributed by atoms with van der Waals surface area (Å²) in [5.74, 6) is 0.700. The molecule has 3 aromatic carbocycles. The molecule has 158 valence electrons. The third-order valence-corrected chi connectivity index (χ3v) is 5.47. The number of aliphatic hydroxyl groups is 1. The third-order valence-electron chi connectivity index (χ3n) is 4.53. The van der Waals surface area contributed by atoms with Gasteiger partial charge in [-0.2, -0.15) is 0 Å². The summed E-state index contributed by atoms with van der Waals surface area (Å²) in [5, 5.41) is 13.8. The van der Waals surface area contributed by atoms with Crippen LogP contribution in [0, 0.1) is 5.82 Å². The van der Waals surface area contributed by atoms with E-state index in [-0.39, 0.29) is 6.61 Å². The van der Waals surface area contributed by atoms with Gasteiger partial charge in [0.1, 0.15) is 12.4 Å². The number of hydrogen-bond donors (Lipinski definition) is 2. The largest absolute Gasteiger partial charge is 0.493 e. The fourth-order valence-electron chi connectivity index (χ4n) is 2.95. The fraction of sp³-hybridized carbons (Fsp3) is 0.217. The molecule has 0 bridgehead atoms. The lowest BCUT2D eigenvalue weighted by molar-refractivity contribution is 0.174. The molecule has 0 amide bonds. The van der Waals surface area contributed by atoms with Gasteiger partial charge in [-0.1, -0.05) is 48.0 Å². The van der Waals surface area contributed by atoms with Crippen LogP contribution in [0.3, 0.4) is 0 Å². The monoisotopic (exact) mass is 493 g/mol. The molecule has 0 saturated carbocycles. The fourth-order valence-corrected chi connectivity index (χ4v) is 3.78. The maximum absolute atomic E-state index is 13.2. The second kappa shape index (κ2) is 10.8. The number of ether oxygens (including phenoxy) is 2. The quantitative estimate of drug-likeness (QED) is 0.403. The Morgan fingerprint density at radius 3 is 2.60 bits per heavy atom. The van der Waals surface area contributed by atoms with Gasteiger partial charge in [0.15, 0.2) is 11.5 Å². The van der Waals surface area contributed by atoms with Crippen LogP contribution < -0.4 is 14.8 Å². The van der Waals surface area contributed by atoms with Crippen molar-refractivity contribution >= 4 is 27.5 Å². The molecule has 0 aromatic heterocycles. The second-order valence-corrected chi connectivity index (χ2v) is 7.95. The van der Waals surface area contributed by atoms with Gasteiger partial charge in [-0.15, -0.1) is 0 Å². The molecule has 2 N–H and O–H groups in total. The minimum Gasteiger partial charge on any atom is -0.493 e. The van der Waals surface area contributed by atoms with Gasteiger partial charge < -0.3 is 19.9 Å². The van der Waals surface area contributed by atoms with E-state index in [1.807, 2.05) is 42.5 Å². The molecule has 0 aliphatic heterocycles. The Morgan fingerprint density at radius 2 is 1.90 bits per heavy atom. The minimum atomic E-state index is -0.584. The molecule has 4 nitrogen and oxygen atoms in total. The van der Waals surface area contributed by atoms with Gasteiger partial charge in [-0.3, -0.25) is 0 Å². The normalized spacial score (nSPS) is 11.9. The van der Waals surface area contributed by atoms with E-state index >= 15 is 0 Å². The van der Waals surface area contributed by atoms with E-state index in [0.29, 0.717) is 35.2 Å². The lowest BCUT2D eigenvalue weighted by atomic mass is 10.1. The highest BCUT2D eigenvalue weighted by Gasteiger charge is 2.14. The van der Waals surface area contributed by atoms with Crippen molar-refractivity contribution < 1.29 is 19.0 Å². The number of aliphatic hydroxyl groups excluding tert-OH is 1. The number of rotatable bonds is 9. The van der Waals surface area contributed by atoms with Gasteiger partial charge in [0.2, 0.25) is 0 Å². The van der Waals surface area contributed by atoms with Crippen LogP contribution in [0.5, 0.6) is 11.5 Å². The van der Waals surface area contributed by atoms with Crippen molar-refractivity contribution in [2.45, 2.75) is 19.3 Å². The first-order valence-corrected chi connectivity index (χ1v) is 10.5. The molecule has 0 aliphatic rings. The number of nitrogens with one attached hydrogen (secondary N) is 1. The highest BCUT2D eigenvalue weighted by Crippen LogP contribution is 2.37. The van der Waals surface area contributed by atoms with Crippen LogP contribution in [-0.2, 0) is 13.2 Å². The predicted molar refractivity (Wildman–Crippen MR) is 120 cm³/mol. The third kappa shape index (κ3) is 5.95. The molecular formula is C23H22BrClFNO3. The van der Waals surface area contributed by atoms with E-state index in [2.05, 4.69) is 21.2 Å². The van der Waals surface area contributed by atoms with Gasteiger partial charge in [-0.25, -0.2) is 4.39 Å². The standard InChI is InChI=1S/C23H22BrClFNO3/c1-29-22-10-15(12-27-13-21(28)16-5-3-2-4-6-16)9-19(24)23(22)30-14-17-7-8-18(26)11-20(17)25/h2-11,21,27-28H,12-14H2,1H3/t21-/m1/s1. The maximum Gasteiger partial charge on any atom is 0.175 e. The lowest BCUT2D eigenvalue weighted by Gasteiger charge is -2.16. The van der Waals surface area contributed by atoms with Gasteiger partial charge in [0.25, 0.3) is 0 Å². The van der Waals surface area contributed by atoms with E-state index in [1.165, 1.54) is 12.1 Å². The molecule has 0 unspecified atom stereocenters. The molecule has 0 aliphatic carbocycles. The Labute approximate surface area is 188 Å². The van der Waals surface area contributed by atoms with Crippen molar-refractivity contribution in [3.8, 4) is 11.5 Å². The topological polar surface area (TPSA) is 50.7 Å². The summed E-state index contributed by atoms with van der Waals surface area (Å²) in [6, 6.07) is 17.5. The van der Waals surface area contributed by atoms with Gasteiger partial charge in [0, 0.05) is 18.7 Å². The molecule has 0 radical (unpaired) electrons. The van der Waals surface area contributed by atoms with E-state index in [0.717, 1.165) is 15.6 Å². The molecule has 7 heteroatoms. The predicted octanol–water partition coefficient (Wildman–Crippen LogP) is 5.65. The van der Waals surface area contributed by atoms with Crippen molar-refractivity contribution in [3.05, 3.63) is 92.7 Å². The van der Waals surface area contributed by atoms with E-state index < -0.39 is 11.9 Å². The van der Waals surface area contributed by atoms with E-state index in [9.17, 15) is 9.50 Å². The number of halogens is 3. The highest BCUT2D eigenvalue weighted by atomic mass is 79.9. The van der Waals surface area contributed by atoms with Crippen LogP contribution in [-0.4, -0.2) is 18.8 Å². The SMILES string of the molecule is COc1cc(CNC[C@@H](O)c2ccccc2)cc(Br)c1OCc1ccc(F)cc1Cl. The maximum atomic E-state index is 13.2. The summed E-state index contributed by atoms with van der Waals surface area (Å²) in [5.41, 5.74) is 2.51. The number of methoxy groups -OCH3 is 1. The van der Waals surface area contributed by atoms with Crippen molar-refractivity contribution in [2.24, 2.45) is 0 Å². The Balaban J connectivity index is 1.63. The Bertz CT molecular complexity index is 988. The molecule has 0 heterocycles. The summed E-state index contributed by atoms with van der Waals surface area (Å²) in [7, 11) is 1.57. The van der Waals surface area contributed by atoms with Crippen LogP contribution in [0.1, 0.15) is 22.8 Å². The molecule has 3 aromatic rings. The molecule has 0 fully saturated rings. The Hall–Kier alpha value is -2.12.